The van der Waals surface area contributed by atoms with Gasteiger partial charge >= 0.3 is 0 Å². The molecule has 0 fully saturated rings. The molecule has 0 aliphatic carbocycles. The number of aldehydes is 1. The molecular weight excluding hydrogens is 163 g/mol. The van der Waals surface area contributed by atoms with E-state index < -0.39 is 5.82 Å². The molecule has 1 aromatic carbocycles. The van der Waals surface area contributed by atoms with Crippen molar-refractivity contribution in [2.45, 2.75) is 0 Å². The highest BCUT2D eigenvalue weighted by Crippen LogP contribution is 2.29. The second kappa shape index (κ2) is 3.21. The minimum Gasteiger partial charge on any atom is -0.504 e. The monoisotopic (exact) mass is 170 g/mol. The molecule has 0 saturated carbocycles. The quantitative estimate of drug-likeness (QED) is 0.681. The van der Waals surface area contributed by atoms with E-state index >= 15 is 0 Å². The zero-order valence-corrected chi connectivity index (χ0v) is 6.37. The van der Waals surface area contributed by atoms with E-state index in [1.54, 1.807) is 0 Å². The predicted molar refractivity (Wildman–Crippen MR) is 40.0 cm³/mol. The highest BCUT2D eigenvalue weighted by molar-refractivity contribution is 5.81. The molecule has 0 radical (unpaired) electrons. The van der Waals surface area contributed by atoms with E-state index in [-0.39, 0.29) is 17.1 Å². The molecule has 64 valence electrons. The summed E-state index contributed by atoms with van der Waals surface area (Å²) in [5, 5.41) is 9.08. The second-order valence-corrected chi connectivity index (χ2v) is 2.17. The van der Waals surface area contributed by atoms with Gasteiger partial charge in [-0.15, -0.1) is 0 Å². The summed E-state index contributed by atoms with van der Waals surface area (Å²) in [6.45, 7) is 0. The fourth-order valence-corrected chi connectivity index (χ4v) is 0.910. The normalized spacial score (nSPS) is 9.50. The number of carbonyl (C=O) groups excluding carboxylic acids is 1. The number of hydrogen-bond acceptors (Lipinski definition) is 3. The molecule has 0 aliphatic heterocycles. The first-order valence-electron chi connectivity index (χ1n) is 3.20. The number of benzene rings is 1. The van der Waals surface area contributed by atoms with Crippen molar-refractivity contribution in [3.05, 3.63) is 23.5 Å². The number of aromatic hydroxyl groups is 1. The first-order chi connectivity index (χ1) is 5.69. The summed E-state index contributed by atoms with van der Waals surface area (Å²) >= 11 is 0. The Morgan fingerprint density at radius 3 is 2.75 bits per heavy atom. The molecule has 1 rings (SSSR count). The van der Waals surface area contributed by atoms with Gasteiger partial charge in [0, 0.05) is 6.07 Å². The molecule has 0 aliphatic rings. The molecule has 0 aromatic heterocycles. The van der Waals surface area contributed by atoms with Crippen molar-refractivity contribution in [1.82, 2.24) is 0 Å². The molecular formula is C8H7FO3. The Morgan fingerprint density at radius 2 is 2.25 bits per heavy atom. The van der Waals surface area contributed by atoms with Crippen molar-refractivity contribution in [2.24, 2.45) is 0 Å². The van der Waals surface area contributed by atoms with Gasteiger partial charge in [-0.25, -0.2) is 4.39 Å². The Balaban J connectivity index is 3.33. The first-order valence-corrected chi connectivity index (χ1v) is 3.20. The lowest BCUT2D eigenvalue weighted by molar-refractivity contribution is 0.111. The zero-order chi connectivity index (χ0) is 9.14. The smallest absolute Gasteiger partial charge is 0.171 e. The van der Waals surface area contributed by atoms with Gasteiger partial charge in [0.25, 0.3) is 0 Å². The van der Waals surface area contributed by atoms with Gasteiger partial charge in [0.15, 0.2) is 17.8 Å². The van der Waals surface area contributed by atoms with E-state index in [1.807, 2.05) is 0 Å². The molecule has 3 nitrogen and oxygen atoms in total. The number of methoxy groups -OCH3 is 1. The van der Waals surface area contributed by atoms with Crippen molar-refractivity contribution >= 4 is 6.29 Å². The summed E-state index contributed by atoms with van der Waals surface area (Å²) < 4.78 is 17.2. The summed E-state index contributed by atoms with van der Waals surface area (Å²) in [7, 11) is 1.29. The lowest BCUT2D eigenvalue weighted by atomic mass is 10.2. The van der Waals surface area contributed by atoms with E-state index in [4.69, 9.17) is 5.11 Å². The van der Waals surface area contributed by atoms with E-state index in [0.29, 0.717) is 6.29 Å². The van der Waals surface area contributed by atoms with Gasteiger partial charge in [-0.1, -0.05) is 0 Å². The van der Waals surface area contributed by atoms with Gasteiger partial charge in [-0.3, -0.25) is 4.79 Å². The van der Waals surface area contributed by atoms with Crippen molar-refractivity contribution in [2.75, 3.05) is 7.11 Å². The summed E-state index contributed by atoms with van der Waals surface area (Å²) in [4.78, 5) is 10.3. The lowest BCUT2D eigenvalue weighted by Gasteiger charge is -2.04. The number of halogens is 1. The molecule has 0 bridgehead atoms. The number of carbonyl (C=O) groups is 1. The third-order valence-corrected chi connectivity index (χ3v) is 1.39. The predicted octanol–water partition coefficient (Wildman–Crippen LogP) is 1.35. The number of phenols is 1. The largest absolute Gasteiger partial charge is 0.504 e. The Kier molecular flexibility index (Phi) is 2.28. The van der Waals surface area contributed by atoms with Crippen LogP contribution in [0, 0.1) is 5.82 Å². The van der Waals surface area contributed by atoms with Gasteiger partial charge in [-0.2, -0.15) is 0 Å². The Labute approximate surface area is 68.4 Å². The summed E-state index contributed by atoms with van der Waals surface area (Å²) in [5.41, 5.74) is -0.00463. The molecule has 0 amide bonds. The molecule has 0 unspecified atom stereocenters. The molecule has 4 heteroatoms. The first kappa shape index (κ1) is 8.52. The van der Waals surface area contributed by atoms with Crippen LogP contribution in [-0.2, 0) is 0 Å². The Bertz CT molecular complexity index is 309. The minimum atomic E-state index is -0.671. The highest BCUT2D eigenvalue weighted by atomic mass is 19.1. The summed E-state index contributed by atoms with van der Waals surface area (Å²) in [6.07, 6.45) is 0.418. The van der Waals surface area contributed by atoms with E-state index in [9.17, 15) is 9.18 Å². The average Bonchev–Trinajstić information content (AvgIpc) is 2.03. The molecule has 12 heavy (non-hydrogen) atoms. The maximum Gasteiger partial charge on any atom is 0.171 e. The summed E-state index contributed by atoms with van der Waals surface area (Å²) in [6, 6.07) is 1.87. The van der Waals surface area contributed by atoms with Gasteiger partial charge in [0.1, 0.15) is 5.82 Å². The third kappa shape index (κ3) is 1.37. The number of rotatable bonds is 2. The zero-order valence-electron chi connectivity index (χ0n) is 6.37. The van der Waals surface area contributed by atoms with Crippen LogP contribution in [0.15, 0.2) is 12.1 Å². The molecule has 0 spiro atoms. The molecule has 1 N–H and O–H groups in total. The average molecular weight is 170 g/mol. The van der Waals surface area contributed by atoms with Crippen LogP contribution in [0.2, 0.25) is 0 Å². The SMILES string of the molecule is COc1c(O)cc(F)cc1C=O. The number of phenolic OH excluding ortho intramolecular Hbond substituents is 1. The highest BCUT2D eigenvalue weighted by Gasteiger charge is 2.09. The maximum absolute atomic E-state index is 12.6. The van der Waals surface area contributed by atoms with E-state index in [1.165, 1.54) is 7.11 Å². The van der Waals surface area contributed by atoms with Gasteiger partial charge in [0.05, 0.1) is 12.7 Å². The molecule has 0 atom stereocenters. The van der Waals surface area contributed by atoms with Crippen LogP contribution in [0.3, 0.4) is 0 Å². The van der Waals surface area contributed by atoms with Crippen molar-refractivity contribution in [1.29, 1.82) is 0 Å². The molecule has 0 saturated heterocycles. The maximum atomic E-state index is 12.6. The van der Waals surface area contributed by atoms with Crippen LogP contribution in [-0.4, -0.2) is 18.5 Å². The second-order valence-electron chi connectivity index (χ2n) is 2.17. The molecule has 1 aromatic rings. The van der Waals surface area contributed by atoms with Gasteiger partial charge < -0.3 is 9.84 Å². The van der Waals surface area contributed by atoms with Crippen molar-refractivity contribution in [3.63, 3.8) is 0 Å². The Morgan fingerprint density at radius 1 is 1.58 bits per heavy atom. The van der Waals surface area contributed by atoms with E-state index in [0.717, 1.165) is 12.1 Å². The van der Waals surface area contributed by atoms with Gasteiger partial charge in [-0.05, 0) is 6.07 Å². The van der Waals surface area contributed by atoms with Gasteiger partial charge in [0.2, 0.25) is 0 Å². The summed E-state index contributed by atoms with van der Waals surface area (Å²) in [5.74, 6) is -1.05. The van der Waals surface area contributed by atoms with E-state index in [2.05, 4.69) is 4.74 Å². The van der Waals surface area contributed by atoms with Crippen molar-refractivity contribution in [3.8, 4) is 11.5 Å². The van der Waals surface area contributed by atoms with Crippen molar-refractivity contribution < 1.29 is 19.0 Å². The Hall–Kier alpha value is -1.58. The third-order valence-electron chi connectivity index (χ3n) is 1.39. The minimum absolute atomic E-state index is 0.00463. The molecule has 0 heterocycles. The fourth-order valence-electron chi connectivity index (χ4n) is 0.910. The van der Waals surface area contributed by atoms with Crippen LogP contribution in [0.5, 0.6) is 11.5 Å². The van der Waals surface area contributed by atoms with Crippen LogP contribution in [0.1, 0.15) is 10.4 Å². The van der Waals surface area contributed by atoms with Crippen LogP contribution < -0.4 is 4.74 Å². The topological polar surface area (TPSA) is 46.5 Å². The standard InChI is InChI=1S/C8H7FO3/c1-12-8-5(4-10)2-6(9)3-7(8)11/h2-4,11H,1H3. The van der Waals surface area contributed by atoms with Crippen LogP contribution >= 0.6 is 0 Å². The number of hydrogen-bond donors (Lipinski definition) is 1. The van der Waals surface area contributed by atoms with Crippen LogP contribution in [0.25, 0.3) is 0 Å². The fraction of sp³-hybridized carbons (Fsp3) is 0.125. The lowest BCUT2D eigenvalue weighted by Crippen LogP contribution is -1.92. The number of ether oxygens (including phenoxy) is 1. The van der Waals surface area contributed by atoms with Crippen LogP contribution in [0.4, 0.5) is 4.39 Å².